The highest BCUT2D eigenvalue weighted by Crippen LogP contribution is 2.19. The van der Waals surface area contributed by atoms with E-state index in [0.29, 0.717) is 26.1 Å². The number of aromatic amines is 1. The zero-order valence-electron chi connectivity index (χ0n) is 11.4. The monoisotopic (exact) mass is 278 g/mol. The van der Waals surface area contributed by atoms with E-state index in [-0.39, 0.29) is 23.4 Å². The quantitative estimate of drug-likeness (QED) is 0.829. The minimum Gasteiger partial charge on any atom is -0.466 e. The van der Waals surface area contributed by atoms with Crippen LogP contribution in [0.2, 0.25) is 0 Å². The van der Waals surface area contributed by atoms with Gasteiger partial charge in [-0.1, -0.05) is 0 Å². The maximum atomic E-state index is 12.3. The van der Waals surface area contributed by atoms with E-state index >= 15 is 0 Å². The average Bonchev–Trinajstić information content (AvgIpc) is 2.47. The van der Waals surface area contributed by atoms with Gasteiger partial charge in [-0.25, -0.2) is 0 Å². The van der Waals surface area contributed by atoms with Crippen LogP contribution < -0.4 is 5.56 Å². The zero-order chi connectivity index (χ0) is 14.5. The van der Waals surface area contributed by atoms with Crippen LogP contribution in [0.5, 0.6) is 0 Å². The van der Waals surface area contributed by atoms with Crippen LogP contribution in [0.4, 0.5) is 0 Å². The number of hydrogen-bond acceptors (Lipinski definition) is 4. The molecular formula is C14H18N2O4. The van der Waals surface area contributed by atoms with Crippen molar-refractivity contribution in [3.63, 3.8) is 0 Å². The van der Waals surface area contributed by atoms with Crippen LogP contribution in [0.15, 0.2) is 23.1 Å². The lowest BCUT2D eigenvalue weighted by atomic mass is 9.97. The van der Waals surface area contributed by atoms with Crippen LogP contribution >= 0.6 is 0 Å². The number of pyridine rings is 1. The first kappa shape index (κ1) is 14.3. The number of piperidine rings is 1. The fraction of sp³-hybridized carbons (Fsp3) is 0.500. The number of H-pyrrole nitrogens is 1. The molecule has 6 nitrogen and oxygen atoms in total. The summed E-state index contributed by atoms with van der Waals surface area (Å²) in [6, 6.07) is 3.11. The second kappa shape index (κ2) is 6.36. The molecule has 0 unspecified atom stereocenters. The summed E-state index contributed by atoms with van der Waals surface area (Å²) < 4.78 is 4.99. The van der Waals surface area contributed by atoms with Gasteiger partial charge in [-0.05, 0) is 31.9 Å². The third-order valence-corrected chi connectivity index (χ3v) is 3.38. The summed E-state index contributed by atoms with van der Waals surface area (Å²) >= 11 is 0. The number of esters is 1. The highest BCUT2D eigenvalue weighted by atomic mass is 16.5. The summed E-state index contributed by atoms with van der Waals surface area (Å²) in [6.07, 6.45) is 2.93. The summed E-state index contributed by atoms with van der Waals surface area (Å²) in [7, 11) is 0. The number of aromatic nitrogens is 1. The number of carbonyl (C=O) groups excluding carboxylic acids is 2. The molecule has 6 heteroatoms. The molecule has 0 spiro atoms. The van der Waals surface area contributed by atoms with E-state index in [1.165, 1.54) is 12.3 Å². The molecule has 1 aromatic heterocycles. The van der Waals surface area contributed by atoms with Gasteiger partial charge in [0.05, 0.1) is 12.5 Å². The van der Waals surface area contributed by atoms with Crippen LogP contribution in [-0.2, 0) is 9.53 Å². The lowest BCUT2D eigenvalue weighted by molar-refractivity contribution is -0.149. The molecule has 1 amide bonds. The molecule has 0 bridgehead atoms. The standard InChI is InChI=1S/C14H18N2O4/c1-2-20-14(19)10-5-4-8-16(9-10)13(18)11-6-3-7-15-12(11)17/h3,6-7,10H,2,4-5,8-9H2,1H3,(H,15,17)/t10-/m1/s1. The predicted molar refractivity (Wildman–Crippen MR) is 72.3 cm³/mol. The van der Waals surface area contributed by atoms with Crippen LogP contribution in [0.1, 0.15) is 30.1 Å². The molecule has 20 heavy (non-hydrogen) atoms. The van der Waals surface area contributed by atoms with Gasteiger partial charge in [0.25, 0.3) is 11.5 Å². The lowest BCUT2D eigenvalue weighted by Gasteiger charge is -2.31. The molecule has 1 aliphatic heterocycles. The van der Waals surface area contributed by atoms with Crippen molar-refractivity contribution in [3.8, 4) is 0 Å². The molecule has 1 saturated heterocycles. The van der Waals surface area contributed by atoms with E-state index < -0.39 is 5.56 Å². The summed E-state index contributed by atoms with van der Waals surface area (Å²) in [5.41, 5.74) is -0.298. The number of ether oxygens (including phenoxy) is 1. The Morgan fingerprint density at radius 3 is 3.00 bits per heavy atom. The molecule has 0 radical (unpaired) electrons. The number of nitrogens with zero attached hydrogens (tertiary/aromatic N) is 1. The Morgan fingerprint density at radius 1 is 1.50 bits per heavy atom. The Bertz CT molecular complexity index is 552. The Hall–Kier alpha value is -2.11. The van der Waals surface area contributed by atoms with E-state index in [2.05, 4.69) is 4.98 Å². The van der Waals surface area contributed by atoms with Crippen LogP contribution in [0.3, 0.4) is 0 Å². The van der Waals surface area contributed by atoms with E-state index in [1.807, 2.05) is 0 Å². The van der Waals surface area contributed by atoms with Gasteiger partial charge >= 0.3 is 5.97 Å². The third-order valence-electron chi connectivity index (χ3n) is 3.38. The molecule has 0 aromatic carbocycles. The van der Waals surface area contributed by atoms with Crippen molar-refractivity contribution >= 4 is 11.9 Å². The third kappa shape index (κ3) is 3.07. The topological polar surface area (TPSA) is 79.5 Å². The zero-order valence-corrected chi connectivity index (χ0v) is 11.4. The Balaban J connectivity index is 2.09. The number of nitrogens with one attached hydrogen (secondary N) is 1. The van der Waals surface area contributed by atoms with E-state index in [4.69, 9.17) is 4.74 Å². The Morgan fingerprint density at radius 2 is 2.30 bits per heavy atom. The number of likely N-dealkylation sites (tertiary alicyclic amines) is 1. The Labute approximate surface area is 116 Å². The lowest BCUT2D eigenvalue weighted by Crippen LogP contribution is -2.44. The molecule has 108 valence electrons. The minimum absolute atomic E-state index is 0.108. The van der Waals surface area contributed by atoms with E-state index in [1.54, 1.807) is 17.9 Å². The fourth-order valence-corrected chi connectivity index (χ4v) is 2.37. The molecule has 2 heterocycles. The number of hydrogen-bond donors (Lipinski definition) is 1. The van der Waals surface area contributed by atoms with Crippen LogP contribution in [-0.4, -0.2) is 41.5 Å². The SMILES string of the molecule is CCOC(=O)[C@@H]1CCCN(C(=O)c2ccc[nH]c2=O)C1. The number of amides is 1. The van der Waals surface area contributed by atoms with Crippen molar-refractivity contribution in [2.24, 2.45) is 5.92 Å². The summed E-state index contributed by atoms with van der Waals surface area (Å²) in [6.45, 7) is 2.96. The van der Waals surface area contributed by atoms with Crippen molar-refractivity contribution in [2.75, 3.05) is 19.7 Å². The van der Waals surface area contributed by atoms with Crippen molar-refractivity contribution in [1.29, 1.82) is 0 Å². The Kier molecular flexibility index (Phi) is 4.55. The van der Waals surface area contributed by atoms with Crippen molar-refractivity contribution in [2.45, 2.75) is 19.8 Å². The molecule has 1 aliphatic rings. The summed E-state index contributed by atoms with van der Waals surface area (Å²) in [5.74, 6) is -0.900. The van der Waals surface area contributed by atoms with Crippen molar-refractivity contribution < 1.29 is 14.3 Å². The second-order valence-electron chi connectivity index (χ2n) is 4.76. The van der Waals surface area contributed by atoms with Gasteiger partial charge in [-0.3, -0.25) is 14.4 Å². The molecule has 1 fully saturated rings. The maximum Gasteiger partial charge on any atom is 0.310 e. The smallest absolute Gasteiger partial charge is 0.310 e. The normalized spacial score (nSPS) is 18.6. The van der Waals surface area contributed by atoms with Crippen LogP contribution in [0, 0.1) is 5.92 Å². The molecule has 2 rings (SSSR count). The molecular weight excluding hydrogens is 260 g/mol. The predicted octanol–water partition coefficient (Wildman–Crippen LogP) is 0.790. The van der Waals surface area contributed by atoms with Gasteiger partial charge in [-0.2, -0.15) is 0 Å². The van der Waals surface area contributed by atoms with E-state index in [0.717, 1.165) is 6.42 Å². The molecule has 1 atom stereocenters. The maximum absolute atomic E-state index is 12.3. The summed E-state index contributed by atoms with van der Waals surface area (Å²) in [5, 5.41) is 0. The molecule has 1 N–H and O–H groups in total. The molecule has 0 saturated carbocycles. The molecule has 0 aliphatic carbocycles. The fourth-order valence-electron chi connectivity index (χ4n) is 2.37. The van der Waals surface area contributed by atoms with Gasteiger partial charge < -0.3 is 14.6 Å². The first-order valence-electron chi connectivity index (χ1n) is 6.77. The van der Waals surface area contributed by atoms with Crippen molar-refractivity contribution in [3.05, 3.63) is 34.2 Å². The largest absolute Gasteiger partial charge is 0.466 e. The van der Waals surface area contributed by atoms with Crippen molar-refractivity contribution in [1.82, 2.24) is 9.88 Å². The number of rotatable bonds is 3. The first-order chi connectivity index (χ1) is 9.63. The highest BCUT2D eigenvalue weighted by Gasteiger charge is 2.30. The van der Waals surface area contributed by atoms with Gasteiger partial charge in [0.15, 0.2) is 0 Å². The van der Waals surface area contributed by atoms with Gasteiger partial charge in [0.1, 0.15) is 5.56 Å². The first-order valence-corrected chi connectivity index (χ1v) is 6.77. The second-order valence-corrected chi connectivity index (χ2v) is 4.76. The number of carbonyl (C=O) groups is 2. The van der Waals surface area contributed by atoms with Crippen LogP contribution in [0.25, 0.3) is 0 Å². The summed E-state index contributed by atoms with van der Waals surface area (Å²) in [4.78, 5) is 39.7. The average molecular weight is 278 g/mol. The highest BCUT2D eigenvalue weighted by molar-refractivity contribution is 5.94. The van der Waals surface area contributed by atoms with Gasteiger partial charge in [-0.15, -0.1) is 0 Å². The van der Waals surface area contributed by atoms with Gasteiger partial charge in [0, 0.05) is 19.3 Å². The van der Waals surface area contributed by atoms with Gasteiger partial charge in [0.2, 0.25) is 0 Å². The van der Waals surface area contributed by atoms with E-state index in [9.17, 15) is 14.4 Å². The minimum atomic E-state index is -0.407. The molecule has 1 aromatic rings.